The lowest BCUT2D eigenvalue weighted by molar-refractivity contribution is -0.133. The van der Waals surface area contributed by atoms with E-state index in [1.165, 1.54) is 0 Å². The summed E-state index contributed by atoms with van der Waals surface area (Å²) in [6.45, 7) is 4.06. The Bertz CT molecular complexity index is 771. The van der Waals surface area contributed by atoms with Gasteiger partial charge in [-0.05, 0) is 43.2 Å². The summed E-state index contributed by atoms with van der Waals surface area (Å²) in [5, 5.41) is 2.89. The van der Waals surface area contributed by atoms with Crippen molar-refractivity contribution in [1.82, 2.24) is 0 Å². The molecular weight excluding hydrogens is 292 g/mol. The lowest BCUT2D eigenvalue weighted by Gasteiger charge is -2.29. The summed E-state index contributed by atoms with van der Waals surface area (Å²) in [4.78, 5) is 25.8. The first-order chi connectivity index (χ1) is 11.0. The molecule has 1 heterocycles. The lowest BCUT2D eigenvalue weighted by Crippen LogP contribution is -2.41. The van der Waals surface area contributed by atoms with Gasteiger partial charge in [-0.1, -0.05) is 24.3 Å². The maximum Gasteiger partial charge on any atom is 0.331 e. The molecule has 0 saturated heterocycles. The Morgan fingerprint density at radius 2 is 2.00 bits per heavy atom. The van der Waals surface area contributed by atoms with E-state index in [2.05, 4.69) is 5.32 Å². The number of anilines is 2. The number of nitrogens with one attached hydrogen (secondary N) is 1. The molecule has 23 heavy (non-hydrogen) atoms. The molecule has 3 rings (SSSR count). The van der Waals surface area contributed by atoms with E-state index in [0.29, 0.717) is 5.75 Å². The Labute approximate surface area is 134 Å². The third kappa shape index (κ3) is 3.34. The van der Waals surface area contributed by atoms with Gasteiger partial charge in [0.2, 0.25) is 5.91 Å². The molecule has 1 N–H and O–H groups in total. The second kappa shape index (κ2) is 6.12. The maximum atomic E-state index is 12.3. The van der Waals surface area contributed by atoms with Crippen LogP contribution >= 0.6 is 0 Å². The average molecular weight is 310 g/mol. The number of rotatable bonds is 3. The van der Waals surface area contributed by atoms with Crippen molar-refractivity contribution in [1.29, 1.82) is 0 Å². The Balaban J connectivity index is 1.78. The highest BCUT2D eigenvalue weighted by molar-refractivity contribution is 5.96. The summed E-state index contributed by atoms with van der Waals surface area (Å²) >= 11 is 0. The van der Waals surface area contributed by atoms with Gasteiger partial charge in [-0.25, -0.2) is 4.79 Å². The van der Waals surface area contributed by atoms with Crippen molar-refractivity contribution in [2.45, 2.75) is 13.8 Å². The number of ether oxygens (including phenoxy) is 1. The van der Waals surface area contributed by atoms with Crippen molar-refractivity contribution in [3.8, 4) is 5.75 Å². The Morgan fingerprint density at radius 3 is 2.78 bits per heavy atom. The van der Waals surface area contributed by atoms with Crippen LogP contribution in [0.2, 0.25) is 0 Å². The highest BCUT2D eigenvalue weighted by Crippen LogP contribution is 2.32. The third-order valence-corrected chi connectivity index (χ3v) is 3.75. The van der Waals surface area contributed by atoms with Gasteiger partial charge in [0.1, 0.15) is 6.54 Å². The van der Waals surface area contributed by atoms with Crippen molar-refractivity contribution < 1.29 is 14.3 Å². The lowest BCUT2D eigenvalue weighted by atomic mass is 10.1. The average Bonchev–Trinajstić information content (AvgIpc) is 2.50. The van der Waals surface area contributed by atoms with Crippen molar-refractivity contribution in [2.24, 2.45) is 0 Å². The summed E-state index contributed by atoms with van der Waals surface area (Å²) in [7, 11) is 0. The first-order valence-electron chi connectivity index (χ1n) is 7.45. The van der Waals surface area contributed by atoms with E-state index >= 15 is 0 Å². The van der Waals surface area contributed by atoms with Crippen LogP contribution in [0.5, 0.6) is 5.75 Å². The van der Waals surface area contributed by atoms with Crippen molar-refractivity contribution >= 4 is 23.3 Å². The zero-order valence-corrected chi connectivity index (χ0v) is 13.1. The number of hydrogen-bond acceptors (Lipinski definition) is 4. The second-order valence-electron chi connectivity index (χ2n) is 5.66. The summed E-state index contributed by atoms with van der Waals surface area (Å²) in [6.07, 6.45) is 0. The molecule has 2 aromatic rings. The molecule has 0 saturated carbocycles. The number of hydrogen-bond donors (Lipinski definition) is 1. The molecular formula is C18H18N2O3. The number of nitrogens with zero attached hydrogens (tertiary/aromatic N) is 1. The highest BCUT2D eigenvalue weighted by Gasteiger charge is 2.25. The van der Waals surface area contributed by atoms with Gasteiger partial charge in [0.25, 0.3) is 0 Å². The molecule has 2 aromatic carbocycles. The van der Waals surface area contributed by atoms with Crippen LogP contribution in [0.4, 0.5) is 11.4 Å². The minimum Gasteiger partial charge on any atom is -0.423 e. The summed E-state index contributed by atoms with van der Waals surface area (Å²) in [6, 6.07) is 13.1. The smallest absolute Gasteiger partial charge is 0.331 e. The van der Waals surface area contributed by atoms with Gasteiger partial charge in [0.15, 0.2) is 5.75 Å². The van der Waals surface area contributed by atoms with Crippen LogP contribution in [0.25, 0.3) is 0 Å². The molecule has 0 aliphatic carbocycles. The Hall–Kier alpha value is -2.82. The van der Waals surface area contributed by atoms with E-state index < -0.39 is 0 Å². The number of amides is 1. The fourth-order valence-electron chi connectivity index (χ4n) is 2.57. The van der Waals surface area contributed by atoms with Gasteiger partial charge in [0, 0.05) is 5.69 Å². The van der Waals surface area contributed by atoms with Crippen molar-refractivity contribution in [3.05, 3.63) is 53.6 Å². The third-order valence-electron chi connectivity index (χ3n) is 3.75. The molecule has 0 radical (unpaired) electrons. The summed E-state index contributed by atoms with van der Waals surface area (Å²) < 4.78 is 5.22. The molecule has 0 atom stereocenters. The quantitative estimate of drug-likeness (QED) is 0.699. The minimum absolute atomic E-state index is 0.0671. The van der Waals surface area contributed by atoms with Crippen LogP contribution in [0.3, 0.4) is 0 Å². The van der Waals surface area contributed by atoms with Crippen LogP contribution in [-0.4, -0.2) is 25.0 Å². The largest absolute Gasteiger partial charge is 0.423 e. The number of benzene rings is 2. The van der Waals surface area contributed by atoms with Crippen molar-refractivity contribution in [3.63, 3.8) is 0 Å². The van der Waals surface area contributed by atoms with Gasteiger partial charge in [-0.15, -0.1) is 0 Å². The van der Waals surface area contributed by atoms with Crippen LogP contribution in [0.15, 0.2) is 42.5 Å². The van der Waals surface area contributed by atoms with Gasteiger partial charge < -0.3 is 15.0 Å². The van der Waals surface area contributed by atoms with E-state index in [9.17, 15) is 9.59 Å². The van der Waals surface area contributed by atoms with Crippen LogP contribution in [0, 0.1) is 13.8 Å². The Kier molecular flexibility index (Phi) is 4.02. The highest BCUT2D eigenvalue weighted by atomic mass is 16.5. The van der Waals surface area contributed by atoms with Gasteiger partial charge in [-0.2, -0.15) is 0 Å². The number of carbonyl (C=O) groups excluding carboxylic acids is 2. The Morgan fingerprint density at radius 1 is 1.22 bits per heavy atom. The number of carbonyl (C=O) groups is 2. The van der Waals surface area contributed by atoms with E-state index in [4.69, 9.17) is 4.74 Å². The molecule has 0 spiro atoms. The topological polar surface area (TPSA) is 58.6 Å². The number of para-hydroxylation sites is 1. The molecule has 1 aliphatic rings. The number of esters is 1. The number of aryl methyl sites for hydroxylation is 2. The molecule has 5 nitrogen and oxygen atoms in total. The molecule has 0 unspecified atom stereocenters. The zero-order valence-electron chi connectivity index (χ0n) is 13.1. The molecule has 1 aliphatic heterocycles. The normalized spacial score (nSPS) is 13.3. The van der Waals surface area contributed by atoms with Gasteiger partial charge in [0.05, 0.1) is 12.2 Å². The molecule has 0 bridgehead atoms. The molecule has 5 heteroatoms. The van der Waals surface area contributed by atoms with Crippen LogP contribution in [-0.2, 0) is 9.59 Å². The monoisotopic (exact) mass is 310 g/mol. The van der Waals surface area contributed by atoms with E-state index in [-0.39, 0.29) is 25.0 Å². The second-order valence-corrected chi connectivity index (χ2v) is 5.66. The first kappa shape index (κ1) is 15.1. The standard InChI is InChI=1S/C18H18N2O3/c1-12-7-8-16-15(9-12)20(11-18(22)23-16)10-17(21)19-14-6-4-3-5-13(14)2/h3-9H,10-11H2,1-2H3,(H,19,21). The predicted octanol–water partition coefficient (Wildman–Crippen LogP) is 2.67. The van der Waals surface area contributed by atoms with Gasteiger partial charge >= 0.3 is 5.97 Å². The van der Waals surface area contributed by atoms with E-state index in [1.54, 1.807) is 11.0 Å². The predicted molar refractivity (Wildman–Crippen MR) is 88.8 cm³/mol. The fraction of sp³-hybridized carbons (Fsp3) is 0.222. The summed E-state index contributed by atoms with van der Waals surface area (Å²) in [5.74, 6) is -0.0259. The van der Waals surface area contributed by atoms with Gasteiger partial charge in [-0.3, -0.25) is 4.79 Å². The molecule has 0 fully saturated rings. The molecule has 118 valence electrons. The molecule has 1 amide bonds. The zero-order chi connectivity index (χ0) is 16.4. The fourth-order valence-corrected chi connectivity index (χ4v) is 2.57. The summed E-state index contributed by atoms with van der Waals surface area (Å²) in [5.41, 5.74) is 3.59. The number of fused-ring (bicyclic) bond motifs is 1. The molecule has 0 aromatic heterocycles. The van der Waals surface area contributed by atoms with E-state index in [1.807, 2.05) is 50.2 Å². The van der Waals surface area contributed by atoms with E-state index in [0.717, 1.165) is 22.5 Å². The van der Waals surface area contributed by atoms with Crippen molar-refractivity contribution in [2.75, 3.05) is 23.3 Å². The SMILES string of the molecule is Cc1ccc2c(c1)N(CC(=O)Nc1ccccc1C)CC(=O)O2. The maximum absolute atomic E-state index is 12.3. The minimum atomic E-state index is -0.356. The van der Waals surface area contributed by atoms with Crippen LogP contribution < -0.4 is 15.0 Å². The first-order valence-corrected chi connectivity index (χ1v) is 7.45. The van der Waals surface area contributed by atoms with Crippen LogP contribution in [0.1, 0.15) is 11.1 Å².